The molecule has 0 aliphatic heterocycles. The number of nitrogens with zero attached hydrogens (tertiary/aromatic N) is 1. The van der Waals surface area contributed by atoms with Crippen molar-refractivity contribution in [1.82, 2.24) is 15.2 Å². The first kappa shape index (κ1) is 25.0. The molecule has 3 aromatic rings. The lowest BCUT2D eigenvalue weighted by Gasteiger charge is -2.22. The minimum absolute atomic E-state index is 0.0327. The molecule has 0 spiro atoms. The largest absolute Gasteiger partial charge is 0.351 e. The number of benzene rings is 2. The minimum Gasteiger partial charge on any atom is -0.351 e. The number of amides is 2. The van der Waals surface area contributed by atoms with Crippen LogP contribution in [0, 0.1) is 0 Å². The Balaban J connectivity index is 1.92. The van der Waals surface area contributed by atoms with Crippen LogP contribution < -0.4 is 16.1 Å². The molecule has 0 aliphatic carbocycles. The van der Waals surface area contributed by atoms with Crippen LogP contribution in [-0.4, -0.2) is 28.5 Å². The maximum absolute atomic E-state index is 13.2. The molecule has 1 heterocycles. The van der Waals surface area contributed by atoms with Crippen molar-refractivity contribution in [3.63, 3.8) is 0 Å². The fraction of sp³-hybridized carbons (Fsp3) is 0.321. The first-order valence-electron chi connectivity index (χ1n) is 11.5. The maximum Gasteiger partial charge on any atom is 0.257 e. The minimum atomic E-state index is -0.577. The highest BCUT2D eigenvalue weighted by Crippen LogP contribution is 2.23. The predicted octanol–water partition coefficient (Wildman–Crippen LogP) is 4.52. The van der Waals surface area contributed by atoms with Crippen molar-refractivity contribution < 1.29 is 9.59 Å². The summed E-state index contributed by atoms with van der Waals surface area (Å²) in [4.78, 5) is 39.2. The average Bonchev–Trinajstić information content (AvgIpc) is 2.79. The Kier molecular flexibility index (Phi) is 7.72. The lowest BCUT2D eigenvalue weighted by atomic mass is 9.91. The van der Waals surface area contributed by atoms with E-state index in [0.717, 1.165) is 11.1 Å². The number of pyridine rings is 1. The van der Waals surface area contributed by atoms with Crippen molar-refractivity contribution in [2.45, 2.75) is 52.1 Å². The van der Waals surface area contributed by atoms with Gasteiger partial charge in [0.2, 0.25) is 5.43 Å². The first-order valence-corrected chi connectivity index (χ1v) is 11.5. The molecule has 0 fully saturated rings. The molecule has 0 radical (unpaired) electrons. The van der Waals surface area contributed by atoms with E-state index in [1.165, 1.54) is 12.4 Å². The standard InChI is InChI=1S/C28H33N3O3/c1-19(2)31-17-23(25(32)24(18-31)27(34)30-28(3,4)5)26(33)29-16-22(20-12-8-6-9-13-20)21-14-10-7-11-15-21/h6-15,17-19,22H,16H2,1-5H3,(H,29,33)(H,30,34). The highest BCUT2D eigenvalue weighted by atomic mass is 16.2. The quantitative estimate of drug-likeness (QED) is 0.545. The Morgan fingerprint density at radius 2 is 1.29 bits per heavy atom. The second-order valence-electron chi connectivity index (χ2n) is 9.74. The summed E-state index contributed by atoms with van der Waals surface area (Å²) >= 11 is 0. The smallest absolute Gasteiger partial charge is 0.257 e. The Hall–Kier alpha value is -3.67. The average molecular weight is 460 g/mol. The number of carbonyl (C=O) groups excluding carboxylic acids is 2. The van der Waals surface area contributed by atoms with Gasteiger partial charge in [0.15, 0.2) is 0 Å². The molecule has 0 bridgehead atoms. The van der Waals surface area contributed by atoms with Gasteiger partial charge in [-0.2, -0.15) is 0 Å². The number of nitrogens with one attached hydrogen (secondary N) is 2. The van der Waals surface area contributed by atoms with Crippen LogP contribution in [-0.2, 0) is 0 Å². The van der Waals surface area contributed by atoms with Crippen LogP contribution in [0.2, 0.25) is 0 Å². The Morgan fingerprint density at radius 1 is 0.824 bits per heavy atom. The van der Waals surface area contributed by atoms with Gasteiger partial charge in [0.25, 0.3) is 11.8 Å². The molecule has 0 aliphatic rings. The van der Waals surface area contributed by atoms with Crippen LogP contribution >= 0.6 is 0 Å². The Labute approximate surface area is 201 Å². The molecule has 0 unspecified atom stereocenters. The number of aromatic nitrogens is 1. The second-order valence-corrected chi connectivity index (χ2v) is 9.74. The van der Waals surface area contributed by atoms with E-state index < -0.39 is 22.8 Å². The highest BCUT2D eigenvalue weighted by Gasteiger charge is 2.24. The third-order valence-electron chi connectivity index (χ3n) is 5.49. The molecule has 6 heteroatoms. The van der Waals surface area contributed by atoms with Crippen molar-refractivity contribution in [2.24, 2.45) is 0 Å². The van der Waals surface area contributed by atoms with Crippen molar-refractivity contribution in [3.8, 4) is 0 Å². The summed E-state index contributed by atoms with van der Waals surface area (Å²) in [6.45, 7) is 9.70. The molecule has 0 saturated heterocycles. The zero-order valence-corrected chi connectivity index (χ0v) is 20.5. The summed E-state index contributed by atoms with van der Waals surface area (Å²) in [5.74, 6) is -1.07. The zero-order chi connectivity index (χ0) is 24.9. The van der Waals surface area contributed by atoms with Gasteiger partial charge < -0.3 is 15.2 Å². The Morgan fingerprint density at radius 3 is 1.74 bits per heavy atom. The highest BCUT2D eigenvalue weighted by molar-refractivity contribution is 5.99. The van der Waals surface area contributed by atoms with E-state index in [-0.39, 0.29) is 23.1 Å². The van der Waals surface area contributed by atoms with E-state index in [4.69, 9.17) is 0 Å². The van der Waals surface area contributed by atoms with E-state index >= 15 is 0 Å². The van der Waals surface area contributed by atoms with Crippen LogP contribution in [0.4, 0.5) is 0 Å². The van der Waals surface area contributed by atoms with Crippen LogP contribution in [0.15, 0.2) is 77.9 Å². The monoisotopic (exact) mass is 459 g/mol. The Bertz CT molecular complexity index is 1150. The molecule has 2 aromatic carbocycles. The molecule has 2 amide bonds. The SMILES string of the molecule is CC(C)n1cc(C(=O)NCC(c2ccccc2)c2ccccc2)c(=O)c(C(=O)NC(C)(C)C)c1. The van der Waals surface area contributed by atoms with Crippen molar-refractivity contribution in [1.29, 1.82) is 0 Å². The molecule has 1 aromatic heterocycles. The lowest BCUT2D eigenvalue weighted by Crippen LogP contribution is -2.43. The van der Waals surface area contributed by atoms with E-state index in [1.54, 1.807) is 4.57 Å². The van der Waals surface area contributed by atoms with Gasteiger partial charge >= 0.3 is 0 Å². The van der Waals surface area contributed by atoms with Crippen LogP contribution in [0.25, 0.3) is 0 Å². The molecule has 178 valence electrons. The van der Waals surface area contributed by atoms with Gasteiger partial charge in [-0.3, -0.25) is 14.4 Å². The fourth-order valence-electron chi connectivity index (χ4n) is 3.72. The number of hydrogen-bond acceptors (Lipinski definition) is 3. The topological polar surface area (TPSA) is 80.2 Å². The summed E-state index contributed by atoms with van der Waals surface area (Å²) < 4.78 is 1.72. The van der Waals surface area contributed by atoms with Crippen molar-refractivity contribution >= 4 is 11.8 Å². The summed E-state index contributed by atoms with van der Waals surface area (Å²) in [7, 11) is 0. The van der Waals surface area contributed by atoms with E-state index in [1.807, 2.05) is 95.3 Å². The molecular formula is C28H33N3O3. The predicted molar refractivity (Wildman–Crippen MR) is 135 cm³/mol. The molecule has 0 atom stereocenters. The zero-order valence-electron chi connectivity index (χ0n) is 20.5. The van der Waals surface area contributed by atoms with Gasteiger partial charge in [0.1, 0.15) is 11.1 Å². The van der Waals surface area contributed by atoms with E-state index in [0.29, 0.717) is 6.54 Å². The van der Waals surface area contributed by atoms with Crippen LogP contribution in [0.1, 0.15) is 78.4 Å². The van der Waals surface area contributed by atoms with Gasteiger partial charge in [0, 0.05) is 36.4 Å². The normalized spacial score (nSPS) is 11.5. The van der Waals surface area contributed by atoms with E-state index in [9.17, 15) is 14.4 Å². The summed E-state index contributed by atoms with van der Waals surface area (Å²) in [6, 6.07) is 19.8. The third kappa shape index (κ3) is 6.22. The number of carbonyl (C=O) groups is 2. The molecule has 6 nitrogen and oxygen atoms in total. The molecule has 34 heavy (non-hydrogen) atoms. The molecular weight excluding hydrogens is 426 g/mol. The van der Waals surface area contributed by atoms with Gasteiger partial charge in [0.05, 0.1) is 0 Å². The van der Waals surface area contributed by atoms with Crippen molar-refractivity contribution in [3.05, 3.63) is 106 Å². The van der Waals surface area contributed by atoms with Crippen molar-refractivity contribution in [2.75, 3.05) is 6.54 Å². The maximum atomic E-state index is 13.2. The van der Waals surface area contributed by atoms with Gasteiger partial charge in [-0.25, -0.2) is 0 Å². The number of rotatable bonds is 7. The van der Waals surface area contributed by atoms with Gasteiger partial charge in [-0.1, -0.05) is 60.7 Å². The summed E-state index contributed by atoms with van der Waals surface area (Å²) in [5, 5.41) is 5.75. The molecule has 2 N–H and O–H groups in total. The second kappa shape index (κ2) is 10.5. The molecule has 0 saturated carbocycles. The molecule has 3 rings (SSSR count). The number of hydrogen-bond donors (Lipinski definition) is 2. The fourth-order valence-corrected chi connectivity index (χ4v) is 3.72. The van der Waals surface area contributed by atoms with Gasteiger partial charge in [-0.15, -0.1) is 0 Å². The van der Waals surface area contributed by atoms with Gasteiger partial charge in [-0.05, 0) is 45.7 Å². The lowest BCUT2D eigenvalue weighted by molar-refractivity contribution is 0.0917. The summed E-state index contributed by atoms with van der Waals surface area (Å²) in [5.41, 5.74) is 0.947. The summed E-state index contributed by atoms with van der Waals surface area (Å²) in [6.07, 6.45) is 3.04. The van der Waals surface area contributed by atoms with Crippen LogP contribution in [0.5, 0.6) is 0 Å². The third-order valence-corrected chi connectivity index (χ3v) is 5.49. The van der Waals surface area contributed by atoms with Crippen LogP contribution in [0.3, 0.4) is 0 Å². The first-order chi connectivity index (χ1) is 16.1. The van der Waals surface area contributed by atoms with E-state index in [2.05, 4.69) is 10.6 Å².